The normalized spacial score (nSPS) is 13.3. The molecule has 5 heteroatoms. The molecule has 1 amide bonds. The Bertz CT molecular complexity index is 1030. The zero-order chi connectivity index (χ0) is 27.6. The van der Waals surface area contributed by atoms with Gasteiger partial charge in [-0.25, -0.2) is 0 Å². The molecular weight excluding hydrogens is 480 g/mol. The predicted octanol–water partition coefficient (Wildman–Crippen LogP) is 7.61. The van der Waals surface area contributed by atoms with Gasteiger partial charge >= 0.3 is 0 Å². The minimum Gasteiger partial charge on any atom is -0.495 e. The number of hydrogen-bond donors (Lipinski definition) is 2. The number of halogens is 1. The molecule has 0 saturated heterocycles. The average molecular weight is 523 g/mol. The number of primary amides is 1. The predicted molar refractivity (Wildman–Crippen MR) is 160 cm³/mol. The van der Waals surface area contributed by atoms with Crippen molar-refractivity contribution in [3.8, 4) is 5.75 Å². The summed E-state index contributed by atoms with van der Waals surface area (Å²) in [7, 11) is 1.62. The number of nitrogens with one attached hydrogen (secondary N) is 1. The lowest BCUT2D eigenvalue weighted by atomic mass is 9.98. The van der Waals surface area contributed by atoms with E-state index < -0.39 is 0 Å². The van der Waals surface area contributed by atoms with Crippen LogP contribution >= 0.6 is 11.6 Å². The first kappa shape index (κ1) is 31.8. The third kappa shape index (κ3) is 14.2. The Labute approximate surface area is 229 Å². The van der Waals surface area contributed by atoms with Gasteiger partial charge in [-0.2, -0.15) is 0 Å². The number of allylic oxidation sites excluding steroid dienone is 3. The van der Waals surface area contributed by atoms with Crippen LogP contribution in [0.2, 0.25) is 5.02 Å². The van der Waals surface area contributed by atoms with Gasteiger partial charge in [0, 0.05) is 12.2 Å². The second-order valence-electron chi connectivity index (χ2n) is 9.32. The van der Waals surface area contributed by atoms with Crippen LogP contribution in [0, 0.1) is 17.8 Å². The van der Waals surface area contributed by atoms with Crippen LogP contribution in [0.25, 0.3) is 6.08 Å². The number of carbonyl (C=O) groups excluding carboxylic acids is 1. The van der Waals surface area contributed by atoms with Crippen molar-refractivity contribution < 1.29 is 9.53 Å². The zero-order valence-corrected chi connectivity index (χ0v) is 23.5. The minimum absolute atomic E-state index is 0.344. The van der Waals surface area contributed by atoms with Crippen LogP contribution < -0.4 is 15.8 Å². The van der Waals surface area contributed by atoms with E-state index in [0.29, 0.717) is 28.5 Å². The number of carbonyl (C=O) groups is 1. The van der Waals surface area contributed by atoms with Crippen LogP contribution in [0.1, 0.15) is 44.7 Å². The number of nitrogens with two attached hydrogens (primary N) is 1. The molecule has 0 aromatic heterocycles. The molecule has 3 N–H and O–H groups in total. The molecule has 37 heavy (non-hydrogen) atoms. The molecule has 0 radical (unpaired) electrons. The van der Waals surface area contributed by atoms with E-state index in [0.717, 1.165) is 31.5 Å². The average Bonchev–Trinajstić information content (AvgIpc) is 2.89. The quantitative estimate of drug-likeness (QED) is 0.198. The van der Waals surface area contributed by atoms with E-state index in [2.05, 4.69) is 63.5 Å². The fraction of sp³-hybridized carbons (Fsp3) is 0.344. The molecule has 2 aromatic rings. The highest BCUT2D eigenvalue weighted by atomic mass is 35.5. The fourth-order valence-electron chi connectivity index (χ4n) is 3.36. The molecule has 0 heterocycles. The standard InChI is InChI=1S/C17H24ClNO.C15H19NO/c1-6-12(2)11-19-14(4)13(3)9-15-7-8-17(20-5)16(18)10-15;1-13(7-5-6-10-15(16)17)11-12-14-8-3-2-4-9-14/h6-8,10,12-13,19H,1,4,9,11H2,2-3,5H3;2-4,6,8-13H,5,7H2,1H3,(H2,16,17)/b;10-6+,12-11+/t12-,13+;/m0./s1. The van der Waals surface area contributed by atoms with Crippen molar-refractivity contribution in [2.24, 2.45) is 23.5 Å². The summed E-state index contributed by atoms with van der Waals surface area (Å²) in [5, 5.41) is 4.02. The zero-order valence-electron chi connectivity index (χ0n) is 22.8. The Balaban J connectivity index is 0.000000375. The Morgan fingerprint density at radius 2 is 1.84 bits per heavy atom. The number of amides is 1. The maximum absolute atomic E-state index is 10.5. The lowest BCUT2D eigenvalue weighted by molar-refractivity contribution is -0.113. The van der Waals surface area contributed by atoms with Crippen LogP contribution in [0.5, 0.6) is 5.75 Å². The second kappa shape index (κ2) is 18.1. The molecule has 2 rings (SSSR count). The van der Waals surface area contributed by atoms with E-state index in [1.54, 1.807) is 7.11 Å². The van der Waals surface area contributed by atoms with Crippen LogP contribution in [0.15, 0.2) is 91.7 Å². The number of methoxy groups -OCH3 is 1. The maximum atomic E-state index is 10.5. The summed E-state index contributed by atoms with van der Waals surface area (Å²) < 4.78 is 5.16. The molecule has 0 saturated carbocycles. The molecule has 3 atom stereocenters. The van der Waals surface area contributed by atoms with Crippen molar-refractivity contribution in [3.05, 3.63) is 108 Å². The molecule has 0 aliphatic carbocycles. The molecular formula is C32H43ClN2O2. The van der Waals surface area contributed by atoms with Crippen molar-refractivity contribution in [1.82, 2.24) is 5.32 Å². The Kier molecular flexibility index (Phi) is 15.5. The van der Waals surface area contributed by atoms with Gasteiger partial charge in [0.05, 0.1) is 12.1 Å². The molecule has 4 nitrogen and oxygen atoms in total. The number of hydrogen-bond acceptors (Lipinski definition) is 3. The van der Waals surface area contributed by atoms with Crippen LogP contribution in [0.3, 0.4) is 0 Å². The van der Waals surface area contributed by atoms with Crippen molar-refractivity contribution in [2.75, 3.05) is 13.7 Å². The number of benzene rings is 2. The lowest BCUT2D eigenvalue weighted by Crippen LogP contribution is -2.23. The van der Waals surface area contributed by atoms with Gasteiger partial charge in [-0.05, 0) is 66.4 Å². The third-order valence-corrected chi connectivity index (χ3v) is 6.19. The smallest absolute Gasteiger partial charge is 0.241 e. The molecule has 0 aliphatic heterocycles. The summed E-state index contributed by atoms with van der Waals surface area (Å²) in [6, 6.07) is 16.1. The van der Waals surface area contributed by atoms with Crippen LogP contribution in [-0.4, -0.2) is 19.6 Å². The van der Waals surface area contributed by atoms with Gasteiger partial charge in [0.1, 0.15) is 5.75 Å². The fourth-order valence-corrected chi connectivity index (χ4v) is 3.64. The first-order valence-corrected chi connectivity index (χ1v) is 13.1. The highest BCUT2D eigenvalue weighted by molar-refractivity contribution is 6.32. The maximum Gasteiger partial charge on any atom is 0.241 e. The number of ether oxygens (including phenoxy) is 1. The van der Waals surface area contributed by atoms with Gasteiger partial charge in [-0.1, -0.05) is 99.7 Å². The second-order valence-corrected chi connectivity index (χ2v) is 9.73. The molecule has 200 valence electrons. The third-order valence-electron chi connectivity index (χ3n) is 5.89. The summed E-state index contributed by atoms with van der Waals surface area (Å²) >= 11 is 6.14. The van der Waals surface area contributed by atoms with Gasteiger partial charge in [-0.15, -0.1) is 6.58 Å². The summed E-state index contributed by atoms with van der Waals surface area (Å²) in [6.07, 6.45) is 12.3. The summed E-state index contributed by atoms with van der Waals surface area (Å²) in [6.45, 7) is 15.2. The Morgan fingerprint density at radius 1 is 1.14 bits per heavy atom. The Hall–Kier alpha value is -3.24. The van der Waals surface area contributed by atoms with E-state index in [1.165, 1.54) is 17.2 Å². The van der Waals surface area contributed by atoms with E-state index in [-0.39, 0.29) is 5.91 Å². The van der Waals surface area contributed by atoms with Gasteiger partial charge < -0.3 is 15.8 Å². The summed E-state index contributed by atoms with van der Waals surface area (Å²) in [4.78, 5) is 10.5. The van der Waals surface area contributed by atoms with Crippen LogP contribution in [0.4, 0.5) is 0 Å². The van der Waals surface area contributed by atoms with Gasteiger partial charge in [0.25, 0.3) is 0 Å². The highest BCUT2D eigenvalue weighted by Gasteiger charge is 2.10. The lowest BCUT2D eigenvalue weighted by Gasteiger charge is -2.18. The number of rotatable bonds is 14. The molecule has 0 spiro atoms. The monoisotopic (exact) mass is 522 g/mol. The first-order chi connectivity index (χ1) is 17.7. The molecule has 1 unspecified atom stereocenters. The summed E-state index contributed by atoms with van der Waals surface area (Å²) in [5.41, 5.74) is 8.45. The van der Waals surface area contributed by atoms with Crippen molar-refractivity contribution in [1.29, 1.82) is 0 Å². The van der Waals surface area contributed by atoms with E-state index in [9.17, 15) is 4.79 Å². The highest BCUT2D eigenvalue weighted by Crippen LogP contribution is 2.26. The van der Waals surface area contributed by atoms with E-state index >= 15 is 0 Å². The molecule has 0 aliphatic rings. The Morgan fingerprint density at radius 3 is 2.43 bits per heavy atom. The topological polar surface area (TPSA) is 64.3 Å². The van der Waals surface area contributed by atoms with Crippen molar-refractivity contribution in [3.63, 3.8) is 0 Å². The SMILES string of the molecule is C=C[C@H](C)CNC(=C)[C@H](C)Cc1ccc(OC)c(Cl)c1.CC(/C=C/c1ccccc1)CC/C=C/C(N)=O. The van der Waals surface area contributed by atoms with Crippen LogP contribution in [-0.2, 0) is 11.2 Å². The van der Waals surface area contributed by atoms with Gasteiger partial charge in [0.15, 0.2) is 0 Å². The van der Waals surface area contributed by atoms with Crippen molar-refractivity contribution in [2.45, 2.75) is 40.0 Å². The van der Waals surface area contributed by atoms with E-state index in [1.807, 2.05) is 48.6 Å². The van der Waals surface area contributed by atoms with Gasteiger partial charge in [0.2, 0.25) is 5.91 Å². The minimum atomic E-state index is -0.377. The molecule has 0 bridgehead atoms. The van der Waals surface area contributed by atoms with Crippen molar-refractivity contribution >= 4 is 23.6 Å². The van der Waals surface area contributed by atoms with Gasteiger partial charge in [-0.3, -0.25) is 4.79 Å². The first-order valence-electron chi connectivity index (χ1n) is 12.7. The molecule has 2 aromatic carbocycles. The van der Waals surface area contributed by atoms with E-state index in [4.69, 9.17) is 22.1 Å². The molecule has 0 fully saturated rings. The largest absolute Gasteiger partial charge is 0.495 e. The summed E-state index contributed by atoms with van der Waals surface area (Å²) in [5.74, 6) is 1.61.